The molecular formula is C22H28N6O4S. The van der Waals surface area contributed by atoms with E-state index < -0.39 is 17.0 Å². The van der Waals surface area contributed by atoms with Crippen LogP contribution >= 0.6 is 11.8 Å². The van der Waals surface area contributed by atoms with Gasteiger partial charge >= 0.3 is 5.69 Å². The Morgan fingerprint density at radius 2 is 1.82 bits per heavy atom. The number of hydrogen-bond donors (Lipinski definition) is 2. The molecule has 2 heterocycles. The summed E-state index contributed by atoms with van der Waals surface area (Å²) in [6.07, 6.45) is 2.53. The van der Waals surface area contributed by atoms with Gasteiger partial charge in [-0.3, -0.25) is 19.1 Å². The third kappa shape index (κ3) is 5.36. The summed E-state index contributed by atoms with van der Waals surface area (Å²) in [7, 11) is 1.61. The second-order valence-corrected chi connectivity index (χ2v) is 8.37. The monoisotopic (exact) mass is 472 g/mol. The van der Waals surface area contributed by atoms with E-state index in [2.05, 4.69) is 22.1 Å². The molecule has 0 atom stereocenters. The van der Waals surface area contributed by atoms with Gasteiger partial charge < -0.3 is 15.0 Å². The maximum absolute atomic E-state index is 12.9. The third-order valence-corrected chi connectivity index (χ3v) is 6.07. The van der Waals surface area contributed by atoms with E-state index in [1.807, 2.05) is 35.8 Å². The predicted octanol–water partition coefficient (Wildman–Crippen LogP) is 2.57. The molecule has 0 unspecified atom stereocenters. The van der Waals surface area contributed by atoms with Crippen LogP contribution in [-0.2, 0) is 13.1 Å². The Labute approximate surface area is 195 Å². The van der Waals surface area contributed by atoms with Gasteiger partial charge in [-0.05, 0) is 37.1 Å². The molecule has 1 aromatic carbocycles. The Kier molecular flexibility index (Phi) is 8.10. The number of hydrogen-bond acceptors (Lipinski definition) is 8. The minimum Gasteiger partial charge on any atom is -0.497 e. The van der Waals surface area contributed by atoms with Crippen molar-refractivity contribution in [3.8, 4) is 17.1 Å². The molecule has 0 saturated heterocycles. The number of ketones is 1. The minimum absolute atomic E-state index is 0.0650. The number of rotatable bonds is 11. The molecule has 0 fully saturated rings. The number of carbonyl (C=O) groups excluding carboxylic acids is 1. The summed E-state index contributed by atoms with van der Waals surface area (Å²) in [5, 5.41) is 9.18. The highest BCUT2D eigenvalue weighted by Gasteiger charge is 2.21. The SMILES string of the molecule is CCCCn1c(SCC(=O)c2c(N)n(CCC)c(=O)[nH]c2=O)nnc1-c1ccc(OC)cc1. The van der Waals surface area contributed by atoms with Gasteiger partial charge in [-0.2, -0.15) is 0 Å². The highest BCUT2D eigenvalue weighted by molar-refractivity contribution is 7.99. The van der Waals surface area contributed by atoms with Crippen LogP contribution in [0.1, 0.15) is 43.5 Å². The van der Waals surface area contributed by atoms with E-state index in [1.54, 1.807) is 7.11 Å². The molecule has 0 aliphatic carbocycles. The maximum atomic E-state index is 12.9. The fraction of sp³-hybridized carbons (Fsp3) is 0.409. The van der Waals surface area contributed by atoms with Gasteiger partial charge in [-0.1, -0.05) is 32.0 Å². The molecule has 3 aromatic rings. The van der Waals surface area contributed by atoms with E-state index in [-0.39, 0.29) is 17.1 Å². The molecule has 11 heteroatoms. The number of benzene rings is 1. The smallest absolute Gasteiger partial charge is 0.329 e. The lowest BCUT2D eigenvalue weighted by Crippen LogP contribution is -2.36. The van der Waals surface area contributed by atoms with Crippen LogP contribution in [0.4, 0.5) is 5.82 Å². The topological polar surface area (TPSA) is 138 Å². The third-order valence-electron chi connectivity index (χ3n) is 5.10. The number of anilines is 1. The number of unbranched alkanes of at least 4 members (excludes halogenated alkanes) is 1. The summed E-state index contributed by atoms with van der Waals surface area (Å²) in [5.41, 5.74) is 5.29. The van der Waals surface area contributed by atoms with Crippen molar-refractivity contribution in [3.05, 3.63) is 50.7 Å². The van der Waals surface area contributed by atoms with Crippen molar-refractivity contribution in [2.24, 2.45) is 0 Å². The average molecular weight is 473 g/mol. The second-order valence-electron chi connectivity index (χ2n) is 7.42. The van der Waals surface area contributed by atoms with Crippen LogP contribution in [0.3, 0.4) is 0 Å². The summed E-state index contributed by atoms with van der Waals surface area (Å²) in [6, 6.07) is 7.51. The van der Waals surface area contributed by atoms with Crippen molar-refractivity contribution >= 4 is 23.4 Å². The highest BCUT2D eigenvalue weighted by Crippen LogP contribution is 2.26. The molecule has 0 bridgehead atoms. The van der Waals surface area contributed by atoms with E-state index >= 15 is 0 Å². The predicted molar refractivity (Wildman–Crippen MR) is 128 cm³/mol. The number of H-pyrrole nitrogens is 1. The van der Waals surface area contributed by atoms with Crippen LogP contribution in [0.2, 0.25) is 0 Å². The first-order valence-corrected chi connectivity index (χ1v) is 11.8. The van der Waals surface area contributed by atoms with Gasteiger partial charge in [0.1, 0.15) is 17.1 Å². The van der Waals surface area contributed by atoms with Crippen molar-refractivity contribution in [3.63, 3.8) is 0 Å². The number of aromatic nitrogens is 5. The first-order valence-electron chi connectivity index (χ1n) is 10.8. The molecule has 0 radical (unpaired) electrons. The van der Waals surface area contributed by atoms with E-state index in [0.29, 0.717) is 30.5 Å². The van der Waals surface area contributed by atoms with Crippen molar-refractivity contribution in [1.29, 1.82) is 0 Å². The number of carbonyl (C=O) groups is 1. The molecule has 0 saturated carbocycles. The lowest BCUT2D eigenvalue weighted by molar-refractivity contribution is 0.102. The number of nitrogen functional groups attached to an aromatic ring is 1. The van der Waals surface area contributed by atoms with Crippen molar-refractivity contribution in [2.45, 2.75) is 51.4 Å². The minimum atomic E-state index is -0.776. The van der Waals surface area contributed by atoms with Crippen LogP contribution in [0, 0.1) is 0 Å². The summed E-state index contributed by atoms with van der Waals surface area (Å²) in [6.45, 7) is 4.96. The molecule has 176 valence electrons. The molecule has 33 heavy (non-hydrogen) atoms. The fourth-order valence-corrected chi connectivity index (χ4v) is 4.21. The number of nitrogens with one attached hydrogen (secondary N) is 1. The van der Waals surface area contributed by atoms with Gasteiger partial charge in [0.25, 0.3) is 5.56 Å². The molecule has 3 N–H and O–H groups in total. The zero-order chi connectivity index (χ0) is 24.0. The molecule has 3 rings (SSSR count). The van der Waals surface area contributed by atoms with Gasteiger partial charge in [-0.25, -0.2) is 4.79 Å². The average Bonchev–Trinajstić information content (AvgIpc) is 3.21. The van der Waals surface area contributed by atoms with Crippen molar-refractivity contribution in [2.75, 3.05) is 18.6 Å². The van der Waals surface area contributed by atoms with Gasteiger partial charge in [0.2, 0.25) is 0 Å². The Morgan fingerprint density at radius 1 is 1.09 bits per heavy atom. The largest absolute Gasteiger partial charge is 0.497 e. The Hall–Kier alpha value is -3.34. The highest BCUT2D eigenvalue weighted by atomic mass is 32.2. The zero-order valence-electron chi connectivity index (χ0n) is 19.0. The van der Waals surface area contributed by atoms with Crippen molar-refractivity contribution < 1.29 is 9.53 Å². The number of nitrogens with two attached hydrogens (primary N) is 1. The van der Waals surface area contributed by atoms with Gasteiger partial charge in [0.05, 0.1) is 12.9 Å². The summed E-state index contributed by atoms with van der Waals surface area (Å²) < 4.78 is 8.40. The Bertz CT molecular complexity index is 1230. The summed E-state index contributed by atoms with van der Waals surface area (Å²) in [4.78, 5) is 39.4. The van der Waals surface area contributed by atoms with Gasteiger partial charge in [-0.15, -0.1) is 10.2 Å². The van der Waals surface area contributed by atoms with Crippen LogP contribution in [0.25, 0.3) is 11.4 Å². The van der Waals surface area contributed by atoms with Crippen molar-refractivity contribution in [1.82, 2.24) is 24.3 Å². The molecule has 0 amide bonds. The Balaban J connectivity index is 1.87. The number of Topliss-reactive ketones (excluding diaryl/α,β-unsaturated/α-hetero) is 1. The molecule has 0 spiro atoms. The van der Waals surface area contributed by atoms with Gasteiger partial charge in [0, 0.05) is 18.7 Å². The number of aromatic amines is 1. The lowest BCUT2D eigenvalue weighted by Gasteiger charge is -2.12. The number of thioether (sulfide) groups is 1. The zero-order valence-corrected chi connectivity index (χ0v) is 19.8. The number of nitrogens with zero attached hydrogens (tertiary/aromatic N) is 4. The summed E-state index contributed by atoms with van der Waals surface area (Å²) in [5.74, 6) is 0.785. The maximum Gasteiger partial charge on any atom is 0.329 e. The summed E-state index contributed by atoms with van der Waals surface area (Å²) >= 11 is 1.18. The fourth-order valence-electron chi connectivity index (χ4n) is 3.37. The second kappa shape index (κ2) is 11.0. The van der Waals surface area contributed by atoms with E-state index in [0.717, 1.165) is 24.2 Å². The normalized spacial score (nSPS) is 11.0. The van der Waals surface area contributed by atoms with Crippen LogP contribution in [0.15, 0.2) is 39.0 Å². The molecular weight excluding hydrogens is 444 g/mol. The molecule has 10 nitrogen and oxygen atoms in total. The first kappa shape index (κ1) is 24.3. The van der Waals surface area contributed by atoms with E-state index in [4.69, 9.17) is 10.5 Å². The molecule has 2 aromatic heterocycles. The quantitative estimate of drug-likeness (QED) is 0.321. The lowest BCUT2D eigenvalue weighted by atomic mass is 10.2. The van der Waals surface area contributed by atoms with E-state index in [9.17, 15) is 14.4 Å². The number of methoxy groups -OCH3 is 1. The number of ether oxygens (including phenoxy) is 1. The Morgan fingerprint density at radius 3 is 2.45 bits per heavy atom. The van der Waals surface area contributed by atoms with Crippen LogP contribution in [-0.4, -0.2) is 43.0 Å². The molecule has 0 aliphatic heterocycles. The van der Waals surface area contributed by atoms with Crippen LogP contribution in [0.5, 0.6) is 5.75 Å². The van der Waals surface area contributed by atoms with Crippen LogP contribution < -0.4 is 21.7 Å². The molecule has 0 aliphatic rings. The standard InChI is InChI=1S/C22H28N6O4S/c1-4-6-12-28-19(14-7-9-15(32-3)10-8-14)25-26-22(28)33-13-16(29)17-18(23)27(11-5-2)21(31)24-20(17)30/h7-10H,4-6,11-13,23H2,1-3H3,(H,24,30,31). The van der Waals surface area contributed by atoms with E-state index in [1.165, 1.54) is 16.3 Å². The first-order chi connectivity index (χ1) is 15.9. The van der Waals surface area contributed by atoms with Gasteiger partial charge in [0.15, 0.2) is 16.8 Å².